The highest BCUT2D eigenvalue weighted by molar-refractivity contribution is 6.32. The molecule has 1 aromatic rings. The van der Waals surface area contributed by atoms with Crippen molar-refractivity contribution < 1.29 is 9.53 Å². The largest absolute Gasteiger partial charge is 0.496 e. The van der Waals surface area contributed by atoms with Crippen LogP contribution in [0.5, 0.6) is 5.75 Å². The predicted octanol–water partition coefficient (Wildman–Crippen LogP) is 2.37. The lowest BCUT2D eigenvalue weighted by molar-refractivity contribution is 0.212. The SMILES string of the molecule is C=CCN1C(=O)N=C(N)C1c1c(Cl)cccc1OC. The second-order valence-corrected chi connectivity index (χ2v) is 4.43. The van der Waals surface area contributed by atoms with Gasteiger partial charge in [-0.05, 0) is 12.1 Å². The maximum atomic E-state index is 11.8. The Morgan fingerprint density at radius 2 is 2.37 bits per heavy atom. The van der Waals surface area contributed by atoms with Crippen LogP contribution >= 0.6 is 11.6 Å². The summed E-state index contributed by atoms with van der Waals surface area (Å²) in [5.41, 5.74) is 6.49. The lowest BCUT2D eigenvalue weighted by Crippen LogP contribution is -2.33. The quantitative estimate of drug-likeness (QED) is 0.861. The maximum Gasteiger partial charge on any atom is 0.346 e. The molecule has 19 heavy (non-hydrogen) atoms. The summed E-state index contributed by atoms with van der Waals surface area (Å²) < 4.78 is 5.29. The first-order valence-electron chi connectivity index (χ1n) is 5.68. The molecule has 0 aliphatic carbocycles. The molecule has 1 aliphatic rings. The molecule has 1 aliphatic heterocycles. The molecule has 1 aromatic carbocycles. The van der Waals surface area contributed by atoms with Gasteiger partial charge < -0.3 is 15.4 Å². The summed E-state index contributed by atoms with van der Waals surface area (Å²) in [6.45, 7) is 3.96. The summed E-state index contributed by atoms with van der Waals surface area (Å²) in [6.07, 6.45) is 1.61. The number of rotatable bonds is 4. The fourth-order valence-corrected chi connectivity index (χ4v) is 2.36. The lowest BCUT2D eigenvalue weighted by Gasteiger charge is -2.25. The molecule has 100 valence electrons. The molecule has 2 rings (SSSR count). The maximum absolute atomic E-state index is 11.8. The monoisotopic (exact) mass is 279 g/mol. The Bertz CT molecular complexity index is 557. The standard InChI is InChI=1S/C13H14ClN3O2/c1-3-7-17-11(12(15)16-13(17)18)10-8(14)5-4-6-9(10)19-2/h3-6,11H,1,7H2,2H3,(H2,15,16,18). The van der Waals surface area contributed by atoms with Crippen LogP contribution in [0.3, 0.4) is 0 Å². The second-order valence-electron chi connectivity index (χ2n) is 4.02. The molecule has 0 saturated heterocycles. The van der Waals surface area contributed by atoms with Crippen LogP contribution in [0, 0.1) is 0 Å². The van der Waals surface area contributed by atoms with E-state index in [0.717, 1.165) is 0 Å². The number of nitrogens with zero attached hydrogens (tertiary/aromatic N) is 2. The third kappa shape index (κ3) is 2.29. The summed E-state index contributed by atoms with van der Waals surface area (Å²) in [4.78, 5) is 17.1. The number of benzene rings is 1. The van der Waals surface area contributed by atoms with E-state index in [2.05, 4.69) is 11.6 Å². The molecule has 0 radical (unpaired) electrons. The molecule has 0 spiro atoms. The van der Waals surface area contributed by atoms with Crippen LogP contribution in [0.1, 0.15) is 11.6 Å². The second kappa shape index (κ2) is 5.32. The normalized spacial score (nSPS) is 18.4. The molecule has 0 aromatic heterocycles. The van der Waals surface area contributed by atoms with E-state index in [1.807, 2.05) is 0 Å². The van der Waals surface area contributed by atoms with Crippen LogP contribution in [0.15, 0.2) is 35.8 Å². The van der Waals surface area contributed by atoms with Crippen LogP contribution in [-0.4, -0.2) is 30.4 Å². The molecule has 5 nitrogen and oxygen atoms in total. The molecule has 1 atom stereocenters. The molecular weight excluding hydrogens is 266 g/mol. The van der Waals surface area contributed by atoms with E-state index in [1.165, 1.54) is 12.0 Å². The minimum Gasteiger partial charge on any atom is -0.496 e. The lowest BCUT2D eigenvalue weighted by atomic mass is 10.0. The van der Waals surface area contributed by atoms with E-state index in [9.17, 15) is 4.79 Å². The summed E-state index contributed by atoms with van der Waals surface area (Å²) in [5.74, 6) is 0.776. The van der Waals surface area contributed by atoms with Gasteiger partial charge in [-0.2, -0.15) is 4.99 Å². The average molecular weight is 280 g/mol. The number of amides is 2. The Morgan fingerprint density at radius 1 is 1.63 bits per heavy atom. The first-order valence-corrected chi connectivity index (χ1v) is 6.06. The van der Waals surface area contributed by atoms with Crippen LogP contribution < -0.4 is 10.5 Å². The number of carbonyl (C=O) groups excluding carboxylic acids is 1. The van der Waals surface area contributed by atoms with Gasteiger partial charge in [0, 0.05) is 12.1 Å². The summed E-state index contributed by atoms with van der Waals surface area (Å²) in [6, 6.07) is 4.34. The van der Waals surface area contributed by atoms with E-state index < -0.39 is 12.1 Å². The Morgan fingerprint density at radius 3 is 3.00 bits per heavy atom. The van der Waals surface area contributed by atoms with Crippen molar-refractivity contribution in [1.29, 1.82) is 0 Å². The zero-order valence-electron chi connectivity index (χ0n) is 10.5. The molecular formula is C13H14ClN3O2. The van der Waals surface area contributed by atoms with Crippen LogP contribution in [0.2, 0.25) is 5.02 Å². The van der Waals surface area contributed by atoms with Gasteiger partial charge in [0.1, 0.15) is 17.6 Å². The van der Waals surface area contributed by atoms with Crippen molar-refractivity contribution in [2.45, 2.75) is 6.04 Å². The number of carbonyl (C=O) groups is 1. The highest BCUT2D eigenvalue weighted by Crippen LogP contribution is 2.37. The number of hydrogen-bond donors (Lipinski definition) is 1. The highest BCUT2D eigenvalue weighted by atomic mass is 35.5. The van der Waals surface area contributed by atoms with Gasteiger partial charge in [-0.3, -0.25) is 0 Å². The minimum absolute atomic E-state index is 0.207. The fraction of sp³-hybridized carbons (Fsp3) is 0.231. The molecule has 1 unspecified atom stereocenters. The van der Waals surface area contributed by atoms with Gasteiger partial charge in [-0.25, -0.2) is 4.79 Å². The minimum atomic E-state index is -0.519. The van der Waals surface area contributed by atoms with Crippen LogP contribution in [-0.2, 0) is 0 Å². The van der Waals surface area contributed by atoms with Gasteiger partial charge in [0.05, 0.1) is 12.1 Å². The molecule has 1 heterocycles. The van der Waals surface area contributed by atoms with Gasteiger partial charge in [0.25, 0.3) is 0 Å². The molecule has 0 saturated carbocycles. The van der Waals surface area contributed by atoms with Crippen molar-refractivity contribution in [2.24, 2.45) is 10.7 Å². The van der Waals surface area contributed by atoms with Crippen LogP contribution in [0.4, 0.5) is 4.79 Å². The zero-order valence-corrected chi connectivity index (χ0v) is 11.2. The fourth-order valence-electron chi connectivity index (χ4n) is 2.09. The number of aliphatic imine (C=N–C) groups is 1. The third-order valence-electron chi connectivity index (χ3n) is 2.89. The molecule has 2 amide bonds. The Balaban J connectivity index is 2.53. The molecule has 6 heteroatoms. The van der Waals surface area contributed by atoms with Gasteiger partial charge >= 0.3 is 6.03 Å². The van der Waals surface area contributed by atoms with E-state index in [4.69, 9.17) is 22.1 Å². The number of amidine groups is 1. The number of hydrogen-bond acceptors (Lipinski definition) is 3. The molecule has 2 N–H and O–H groups in total. The number of ether oxygens (including phenoxy) is 1. The summed E-state index contributed by atoms with van der Waals surface area (Å²) in [7, 11) is 1.54. The Hall–Kier alpha value is -2.01. The van der Waals surface area contributed by atoms with Gasteiger partial charge in [0.15, 0.2) is 0 Å². The Labute approximate surface area is 116 Å². The number of urea groups is 1. The van der Waals surface area contributed by atoms with Crippen molar-refractivity contribution in [3.63, 3.8) is 0 Å². The zero-order chi connectivity index (χ0) is 14.0. The van der Waals surface area contributed by atoms with Crippen molar-refractivity contribution in [3.05, 3.63) is 41.4 Å². The smallest absolute Gasteiger partial charge is 0.346 e. The van der Waals surface area contributed by atoms with E-state index >= 15 is 0 Å². The number of halogens is 1. The highest BCUT2D eigenvalue weighted by Gasteiger charge is 2.36. The van der Waals surface area contributed by atoms with Crippen molar-refractivity contribution in [1.82, 2.24) is 4.90 Å². The van der Waals surface area contributed by atoms with Crippen molar-refractivity contribution in [2.75, 3.05) is 13.7 Å². The average Bonchev–Trinajstić information content (AvgIpc) is 2.65. The first-order chi connectivity index (χ1) is 9.10. The summed E-state index contributed by atoms with van der Waals surface area (Å²) in [5, 5.41) is 0.478. The third-order valence-corrected chi connectivity index (χ3v) is 3.22. The van der Waals surface area contributed by atoms with E-state index in [0.29, 0.717) is 22.9 Å². The number of methoxy groups -OCH3 is 1. The van der Waals surface area contributed by atoms with Gasteiger partial charge in [-0.15, -0.1) is 6.58 Å². The van der Waals surface area contributed by atoms with E-state index in [1.54, 1.807) is 24.3 Å². The van der Waals surface area contributed by atoms with E-state index in [-0.39, 0.29) is 5.84 Å². The predicted molar refractivity (Wildman–Crippen MR) is 74.7 cm³/mol. The molecule has 0 fully saturated rings. The molecule has 0 bridgehead atoms. The van der Waals surface area contributed by atoms with Gasteiger partial charge in [-0.1, -0.05) is 23.7 Å². The topological polar surface area (TPSA) is 67.9 Å². The van der Waals surface area contributed by atoms with Crippen molar-refractivity contribution in [3.8, 4) is 5.75 Å². The van der Waals surface area contributed by atoms with Crippen molar-refractivity contribution >= 4 is 23.5 Å². The Kier molecular flexibility index (Phi) is 3.76. The first kappa shape index (κ1) is 13.4. The van der Waals surface area contributed by atoms with Crippen LogP contribution in [0.25, 0.3) is 0 Å². The number of nitrogens with two attached hydrogens (primary N) is 1. The summed E-state index contributed by atoms with van der Waals surface area (Å²) >= 11 is 6.21. The van der Waals surface area contributed by atoms with Gasteiger partial charge in [0.2, 0.25) is 0 Å².